The van der Waals surface area contributed by atoms with E-state index in [0.717, 1.165) is 16.7 Å². The molecule has 4 rings (SSSR count). The van der Waals surface area contributed by atoms with Gasteiger partial charge in [0.1, 0.15) is 12.2 Å². The molecule has 0 aromatic heterocycles. The lowest BCUT2D eigenvalue weighted by Crippen LogP contribution is -2.49. The van der Waals surface area contributed by atoms with Crippen LogP contribution in [-0.2, 0) is 20.9 Å². The molecule has 1 aliphatic heterocycles. The minimum Gasteiger partial charge on any atom is -0.445 e. The summed E-state index contributed by atoms with van der Waals surface area (Å²) in [6, 6.07) is 29.4. The molecule has 0 saturated carbocycles. The number of benzene rings is 3. The van der Waals surface area contributed by atoms with Crippen LogP contribution in [0.2, 0.25) is 0 Å². The highest BCUT2D eigenvalue weighted by Crippen LogP contribution is 2.27. The minimum absolute atomic E-state index is 0.00879. The molecule has 45 heavy (non-hydrogen) atoms. The smallest absolute Gasteiger partial charge is 0.407 e. The van der Waals surface area contributed by atoms with Crippen LogP contribution < -0.4 is 16.0 Å². The third-order valence-electron chi connectivity index (χ3n) is 7.64. The highest BCUT2D eigenvalue weighted by atomic mass is 16.6. The molecule has 1 aliphatic rings. The monoisotopic (exact) mass is 614 g/mol. The number of hydrogen-bond donors (Lipinski definition) is 3. The van der Waals surface area contributed by atoms with E-state index in [9.17, 15) is 14.4 Å². The molecule has 1 fully saturated rings. The summed E-state index contributed by atoms with van der Waals surface area (Å²) in [6.07, 6.45) is 0.773. The second kappa shape index (κ2) is 16.6. The summed E-state index contributed by atoms with van der Waals surface area (Å²) in [6.45, 7) is 7.44. The van der Waals surface area contributed by atoms with Gasteiger partial charge in [-0.15, -0.1) is 0 Å². The number of amides is 3. The van der Waals surface area contributed by atoms with Gasteiger partial charge in [0.25, 0.3) is 0 Å². The van der Waals surface area contributed by atoms with Crippen LogP contribution in [0.15, 0.2) is 91.0 Å². The van der Waals surface area contributed by atoms with Gasteiger partial charge in [0.15, 0.2) is 0 Å². The Labute approximate surface area is 266 Å². The van der Waals surface area contributed by atoms with E-state index in [1.54, 1.807) is 0 Å². The summed E-state index contributed by atoms with van der Waals surface area (Å²) in [5, 5.41) is 9.15. The van der Waals surface area contributed by atoms with E-state index in [2.05, 4.69) is 40.2 Å². The summed E-state index contributed by atoms with van der Waals surface area (Å²) >= 11 is 0. The molecule has 3 amide bonds. The molecule has 0 radical (unpaired) electrons. The van der Waals surface area contributed by atoms with Gasteiger partial charge < -0.3 is 30.3 Å². The lowest BCUT2D eigenvalue weighted by atomic mass is 9.90. The Hall–Kier alpha value is -4.37. The molecular formula is C36H46N4O5. The maximum atomic E-state index is 14.0. The van der Waals surface area contributed by atoms with Crippen molar-refractivity contribution in [1.29, 1.82) is 0 Å². The van der Waals surface area contributed by atoms with E-state index in [0.29, 0.717) is 45.4 Å². The van der Waals surface area contributed by atoms with Gasteiger partial charge in [-0.2, -0.15) is 0 Å². The van der Waals surface area contributed by atoms with Crippen LogP contribution in [0.4, 0.5) is 9.59 Å². The molecule has 2 atom stereocenters. The Kier molecular flexibility index (Phi) is 12.4. The summed E-state index contributed by atoms with van der Waals surface area (Å²) in [5.74, 6) is 0.0211. The van der Waals surface area contributed by atoms with Crippen LogP contribution in [0.3, 0.4) is 0 Å². The first kappa shape index (κ1) is 33.5. The summed E-state index contributed by atoms with van der Waals surface area (Å²) in [4.78, 5) is 40.6. The third-order valence-corrected chi connectivity index (χ3v) is 7.64. The molecule has 240 valence electrons. The Morgan fingerprint density at radius 1 is 0.889 bits per heavy atom. The van der Waals surface area contributed by atoms with E-state index in [4.69, 9.17) is 9.47 Å². The predicted octanol–water partition coefficient (Wildman–Crippen LogP) is 5.61. The average Bonchev–Trinajstić information content (AvgIpc) is 3.18. The molecule has 0 spiro atoms. The number of carbonyl (C=O) groups excluding carboxylic acids is 3. The molecule has 0 bridgehead atoms. The Balaban J connectivity index is 1.41. The topological polar surface area (TPSA) is 109 Å². The molecule has 0 aliphatic carbocycles. The second-order valence-corrected chi connectivity index (χ2v) is 12.4. The third kappa shape index (κ3) is 11.2. The number of nitrogens with zero attached hydrogens (tertiary/aromatic N) is 1. The van der Waals surface area contributed by atoms with Gasteiger partial charge in [0.05, 0.1) is 6.04 Å². The van der Waals surface area contributed by atoms with Crippen molar-refractivity contribution in [3.63, 3.8) is 0 Å². The maximum absolute atomic E-state index is 14.0. The lowest BCUT2D eigenvalue weighted by Gasteiger charge is -2.29. The van der Waals surface area contributed by atoms with Gasteiger partial charge in [-0.25, -0.2) is 9.59 Å². The summed E-state index contributed by atoms with van der Waals surface area (Å²) < 4.78 is 10.7. The van der Waals surface area contributed by atoms with Crippen LogP contribution in [0, 0.1) is 0 Å². The first-order valence-corrected chi connectivity index (χ1v) is 15.7. The number of rotatable bonds is 12. The van der Waals surface area contributed by atoms with Crippen molar-refractivity contribution in [2.75, 3.05) is 26.2 Å². The van der Waals surface area contributed by atoms with Crippen molar-refractivity contribution in [3.8, 4) is 0 Å². The largest absolute Gasteiger partial charge is 0.445 e. The predicted molar refractivity (Wildman–Crippen MR) is 175 cm³/mol. The van der Waals surface area contributed by atoms with Crippen LogP contribution in [0.25, 0.3) is 0 Å². The molecule has 3 aromatic carbocycles. The lowest BCUT2D eigenvalue weighted by molar-refractivity contribution is -0.133. The van der Waals surface area contributed by atoms with E-state index in [1.807, 2.05) is 92.4 Å². The van der Waals surface area contributed by atoms with E-state index >= 15 is 0 Å². The van der Waals surface area contributed by atoms with Crippen molar-refractivity contribution < 1.29 is 23.9 Å². The molecule has 1 heterocycles. The van der Waals surface area contributed by atoms with Gasteiger partial charge >= 0.3 is 12.2 Å². The van der Waals surface area contributed by atoms with E-state index < -0.39 is 23.8 Å². The van der Waals surface area contributed by atoms with Crippen molar-refractivity contribution in [3.05, 3.63) is 108 Å². The zero-order valence-corrected chi connectivity index (χ0v) is 26.5. The normalized spacial score (nSPS) is 17.0. The maximum Gasteiger partial charge on any atom is 0.407 e. The van der Waals surface area contributed by atoms with Crippen LogP contribution in [0.1, 0.15) is 62.6 Å². The highest BCUT2D eigenvalue weighted by Gasteiger charge is 2.33. The molecule has 0 unspecified atom stereocenters. The zero-order valence-electron chi connectivity index (χ0n) is 26.5. The molecule has 3 N–H and O–H groups in total. The molecular weight excluding hydrogens is 568 g/mol. The van der Waals surface area contributed by atoms with E-state index in [-0.39, 0.29) is 24.5 Å². The minimum atomic E-state index is -0.602. The molecule has 9 heteroatoms. The van der Waals surface area contributed by atoms with Gasteiger partial charge in [0, 0.05) is 38.1 Å². The SMILES string of the molecule is CC(C)(C)OC(=O)NC[C@@H]1CCN(CC(c2ccccc2)c2ccccc2)C(=O)[C@@H](CCCNC(=O)OCc2ccccc2)N1. The molecule has 3 aromatic rings. The Morgan fingerprint density at radius 2 is 1.49 bits per heavy atom. The first-order valence-electron chi connectivity index (χ1n) is 15.7. The van der Waals surface area contributed by atoms with E-state index in [1.165, 1.54) is 0 Å². The van der Waals surface area contributed by atoms with Gasteiger partial charge in [0.2, 0.25) is 5.91 Å². The quantitative estimate of drug-likeness (QED) is 0.229. The fraction of sp³-hybridized carbons (Fsp3) is 0.417. The van der Waals surface area contributed by atoms with Gasteiger partial charge in [-0.1, -0.05) is 91.0 Å². The Bertz CT molecular complexity index is 1310. The van der Waals surface area contributed by atoms with Crippen molar-refractivity contribution in [1.82, 2.24) is 20.9 Å². The number of alkyl carbamates (subject to hydrolysis) is 2. The number of nitrogens with one attached hydrogen (secondary N) is 3. The van der Waals surface area contributed by atoms with Crippen molar-refractivity contribution >= 4 is 18.1 Å². The zero-order chi connectivity index (χ0) is 32.1. The van der Waals surface area contributed by atoms with Crippen LogP contribution in [-0.4, -0.2) is 66.9 Å². The van der Waals surface area contributed by atoms with Crippen LogP contribution >= 0.6 is 0 Å². The number of hydrogen-bond acceptors (Lipinski definition) is 6. The summed E-state index contributed by atoms with van der Waals surface area (Å²) in [7, 11) is 0. The number of carbonyl (C=O) groups is 3. The van der Waals surface area contributed by atoms with Gasteiger partial charge in [-0.05, 0) is 56.7 Å². The van der Waals surface area contributed by atoms with Gasteiger partial charge in [-0.3, -0.25) is 4.79 Å². The standard InChI is InChI=1S/C36H46N4O5/c1-36(2,3)45-35(43)38-24-30-21-23-40(25-31(28-16-9-5-10-17-28)29-18-11-6-12-19-29)33(41)32(39-30)20-13-22-37-34(42)44-26-27-14-7-4-8-15-27/h4-12,14-19,30-32,39H,13,20-26H2,1-3H3,(H,37,42)(H,38,43)/t30-,32+/m0/s1. The molecule has 1 saturated heterocycles. The summed E-state index contributed by atoms with van der Waals surface area (Å²) in [5.41, 5.74) is 2.60. The fourth-order valence-corrected chi connectivity index (χ4v) is 5.42. The Morgan fingerprint density at radius 3 is 2.09 bits per heavy atom. The van der Waals surface area contributed by atoms with Crippen molar-refractivity contribution in [2.24, 2.45) is 0 Å². The van der Waals surface area contributed by atoms with Crippen molar-refractivity contribution in [2.45, 2.75) is 70.2 Å². The van der Waals surface area contributed by atoms with Crippen LogP contribution in [0.5, 0.6) is 0 Å². The molecule has 9 nitrogen and oxygen atoms in total. The second-order valence-electron chi connectivity index (χ2n) is 12.4. The fourth-order valence-electron chi connectivity index (χ4n) is 5.42. The first-order chi connectivity index (χ1) is 21.7. The highest BCUT2D eigenvalue weighted by molar-refractivity contribution is 5.82. The number of ether oxygens (including phenoxy) is 2. The average molecular weight is 615 g/mol.